The van der Waals surface area contributed by atoms with Gasteiger partial charge in [0.25, 0.3) is 0 Å². The van der Waals surface area contributed by atoms with E-state index in [4.69, 9.17) is 17.3 Å². The molecule has 0 radical (unpaired) electrons. The molecule has 0 spiro atoms. The molecule has 3 heterocycles. The van der Waals surface area contributed by atoms with Crippen molar-refractivity contribution in [2.75, 3.05) is 17.6 Å². The standard InChI is InChI=1S/C19H17ClF3N7O/c20-14-3-2-11(5-13(14)19(21,22)23)27-18(31)15-6-12(8-25-15)30-9-16(28-29-30)10-1-4-17(24)26-7-10/h1-5,7,9,12,15,25H,6,8H2,(H2,24,26)(H,27,31)/t12-,15-/m0/s1. The zero-order chi connectivity index (χ0) is 22.2. The fourth-order valence-electron chi connectivity index (χ4n) is 3.31. The van der Waals surface area contributed by atoms with Gasteiger partial charge in [-0.1, -0.05) is 16.8 Å². The number of nitrogens with zero attached hydrogens (tertiary/aromatic N) is 4. The summed E-state index contributed by atoms with van der Waals surface area (Å²) in [5.41, 5.74) is 5.97. The maximum Gasteiger partial charge on any atom is 0.417 e. The Morgan fingerprint density at radius 1 is 1.29 bits per heavy atom. The van der Waals surface area contributed by atoms with Crippen molar-refractivity contribution in [1.82, 2.24) is 25.3 Å². The fraction of sp³-hybridized carbons (Fsp3) is 0.263. The lowest BCUT2D eigenvalue weighted by Gasteiger charge is -2.14. The number of hydrogen-bond acceptors (Lipinski definition) is 6. The number of nitrogens with two attached hydrogens (primary N) is 1. The predicted octanol–water partition coefficient (Wildman–Crippen LogP) is 3.14. The first-order valence-electron chi connectivity index (χ1n) is 9.25. The van der Waals surface area contributed by atoms with E-state index >= 15 is 0 Å². The minimum atomic E-state index is -4.61. The Labute approximate surface area is 179 Å². The minimum absolute atomic E-state index is 0.0193. The van der Waals surface area contributed by atoms with Gasteiger partial charge in [0.15, 0.2) is 0 Å². The quantitative estimate of drug-likeness (QED) is 0.562. The number of rotatable bonds is 4. The van der Waals surface area contributed by atoms with E-state index in [1.54, 1.807) is 29.2 Å². The summed E-state index contributed by atoms with van der Waals surface area (Å²) < 4.78 is 40.7. The second-order valence-electron chi connectivity index (χ2n) is 7.09. The van der Waals surface area contributed by atoms with Crippen molar-refractivity contribution < 1.29 is 18.0 Å². The van der Waals surface area contributed by atoms with Crippen LogP contribution >= 0.6 is 11.6 Å². The number of amides is 1. The van der Waals surface area contributed by atoms with Crippen LogP contribution in [0.3, 0.4) is 0 Å². The van der Waals surface area contributed by atoms with Crippen LogP contribution in [0.5, 0.6) is 0 Å². The smallest absolute Gasteiger partial charge is 0.384 e. The second-order valence-corrected chi connectivity index (χ2v) is 7.49. The third-order valence-corrected chi connectivity index (χ3v) is 5.26. The molecular weight excluding hydrogens is 435 g/mol. The molecule has 0 bridgehead atoms. The lowest BCUT2D eigenvalue weighted by molar-refractivity contribution is -0.137. The molecule has 12 heteroatoms. The van der Waals surface area contributed by atoms with Gasteiger partial charge in [-0.3, -0.25) is 4.79 Å². The highest BCUT2D eigenvalue weighted by molar-refractivity contribution is 6.31. The Morgan fingerprint density at radius 3 is 2.81 bits per heavy atom. The molecule has 1 amide bonds. The van der Waals surface area contributed by atoms with Gasteiger partial charge in [-0.05, 0) is 36.8 Å². The van der Waals surface area contributed by atoms with Gasteiger partial charge in [0.1, 0.15) is 11.5 Å². The molecule has 1 fully saturated rings. The van der Waals surface area contributed by atoms with Gasteiger partial charge in [-0.2, -0.15) is 13.2 Å². The second kappa shape index (κ2) is 8.16. The fourth-order valence-corrected chi connectivity index (χ4v) is 3.54. The molecule has 3 aromatic rings. The van der Waals surface area contributed by atoms with Gasteiger partial charge in [0.2, 0.25) is 5.91 Å². The monoisotopic (exact) mass is 451 g/mol. The Hall–Kier alpha value is -3.18. The van der Waals surface area contributed by atoms with E-state index in [0.29, 0.717) is 24.5 Å². The number of nitrogens with one attached hydrogen (secondary N) is 2. The van der Waals surface area contributed by atoms with Crippen molar-refractivity contribution in [2.45, 2.75) is 24.7 Å². The molecular formula is C19H17ClF3N7O. The Bertz CT molecular complexity index is 1100. The Kier molecular flexibility index (Phi) is 5.54. The summed E-state index contributed by atoms with van der Waals surface area (Å²) in [5.74, 6) is -0.0472. The van der Waals surface area contributed by atoms with Gasteiger partial charge in [0.05, 0.1) is 28.9 Å². The van der Waals surface area contributed by atoms with Crippen molar-refractivity contribution >= 4 is 29.0 Å². The summed E-state index contributed by atoms with van der Waals surface area (Å²) in [5, 5.41) is 13.4. The molecule has 162 valence electrons. The van der Waals surface area contributed by atoms with Crippen molar-refractivity contribution in [3.63, 3.8) is 0 Å². The Morgan fingerprint density at radius 2 is 2.10 bits per heavy atom. The summed E-state index contributed by atoms with van der Waals surface area (Å²) in [6.07, 6.45) is -0.879. The van der Waals surface area contributed by atoms with Gasteiger partial charge in [-0.25, -0.2) is 9.67 Å². The SMILES string of the molecule is Nc1ccc(-c2cn([C@@H]3CN[C@H](C(=O)Nc4ccc(Cl)c(C(F)(F)F)c4)C3)nn2)cn1. The first kappa shape index (κ1) is 21.1. The van der Waals surface area contributed by atoms with E-state index < -0.39 is 28.7 Å². The first-order valence-corrected chi connectivity index (χ1v) is 9.63. The number of hydrogen-bond donors (Lipinski definition) is 3. The molecule has 1 aliphatic rings. The molecule has 8 nitrogen and oxygen atoms in total. The number of alkyl halides is 3. The highest BCUT2D eigenvalue weighted by Crippen LogP contribution is 2.36. The number of carbonyl (C=O) groups is 1. The third-order valence-electron chi connectivity index (χ3n) is 4.93. The van der Waals surface area contributed by atoms with E-state index in [1.165, 1.54) is 6.07 Å². The van der Waals surface area contributed by atoms with Crippen LogP contribution < -0.4 is 16.4 Å². The van der Waals surface area contributed by atoms with E-state index in [9.17, 15) is 18.0 Å². The number of nitrogen functional groups attached to an aromatic ring is 1. The van der Waals surface area contributed by atoms with Crippen LogP contribution in [0.2, 0.25) is 5.02 Å². The highest BCUT2D eigenvalue weighted by atomic mass is 35.5. The highest BCUT2D eigenvalue weighted by Gasteiger charge is 2.34. The van der Waals surface area contributed by atoms with Crippen molar-refractivity contribution in [3.05, 3.63) is 53.3 Å². The molecule has 2 atom stereocenters. The van der Waals surface area contributed by atoms with E-state index in [2.05, 4.69) is 25.9 Å². The topological polar surface area (TPSA) is 111 Å². The molecule has 2 aromatic heterocycles. The summed E-state index contributed by atoms with van der Waals surface area (Å²) in [7, 11) is 0. The molecule has 1 aromatic carbocycles. The van der Waals surface area contributed by atoms with Crippen LogP contribution in [0.15, 0.2) is 42.7 Å². The van der Waals surface area contributed by atoms with Gasteiger partial charge >= 0.3 is 6.18 Å². The van der Waals surface area contributed by atoms with Crippen LogP contribution in [0, 0.1) is 0 Å². The number of pyridine rings is 1. The van der Waals surface area contributed by atoms with Crippen LogP contribution in [-0.2, 0) is 11.0 Å². The van der Waals surface area contributed by atoms with Crippen LogP contribution in [-0.4, -0.2) is 38.5 Å². The lowest BCUT2D eigenvalue weighted by atomic mass is 10.1. The van der Waals surface area contributed by atoms with Crippen molar-refractivity contribution in [2.24, 2.45) is 0 Å². The zero-order valence-corrected chi connectivity index (χ0v) is 16.7. The van der Waals surface area contributed by atoms with Gasteiger partial charge in [0, 0.05) is 24.0 Å². The largest absolute Gasteiger partial charge is 0.417 e. The zero-order valence-electron chi connectivity index (χ0n) is 15.9. The number of anilines is 2. The summed E-state index contributed by atoms with van der Waals surface area (Å²) in [4.78, 5) is 16.6. The Balaban J connectivity index is 1.41. The predicted molar refractivity (Wildman–Crippen MR) is 108 cm³/mol. The summed E-state index contributed by atoms with van der Waals surface area (Å²) >= 11 is 5.61. The van der Waals surface area contributed by atoms with Crippen LogP contribution in [0.1, 0.15) is 18.0 Å². The van der Waals surface area contributed by atoms with Crippen molar-refractivity contribution in [3.8, 4) is 11.3 Å². The molecule has 4 N–H and O–H groups in total. The molecule has 31 heavy (non-hydrogen) atoms. The van der Waals surface area contributed by atoms with Crippen LogP contribution in [0.4, 0.5) is 24.7 Å². The van der Waals surface area contributed by atoms with Crippen molar-refractivity contribution in [1.29, 1.82) is 0 Å². The molecule has 4 rings (SSSR count). The molecule has 0 unspecified atom stereocenters. The molecule has 1 aliphatic heterocycles. The third kappa shape index (κ3) is 4.62. The summed E-state index contributed by atoms with van der Waals surface area (Å²) in [6, 6.07) is 5.95. The molecule has 1 saturated heterocycles. The average Bonchev–Trinajstić information content (AvgIpc) is 3.38. The minimum Gasteiger partial charge on any atom is -0.384 e. The maximum atomic E-state index is 13.0. The van der Waals surface area contributed by atoms with Gasteiger partial charge in [-0.15, -0.1) is 5.10 Å². The number of aromatic nitrogens is 4. The first-order chi connectivity index (χ1) is 14.7. The van der Waals surface area contributed by atoms with Crippen LogP contribution in [0.25, 0.3) is 11.3 Å². The van der Waals surface area contributed by atoms with E-state index in [-0.39, 0.29) is 11.7 Å². The molecule has 0 aliphatic carbocycles. The maximum absolute atomic E-state index is 13.0. The normalized spacial score (nSPS) is 18.8. The summed E-state index contributed by atoms with van der Waals surface area (Å²) in [6.45, 7) is 0.454. The lowest BCUT2D eigenvalue weighted by Crippen LogP contribution is -2.35. The van der Waals surface area contributed by atoms with E-state index in [0.717, 1.165) is 17.7 Å². The average molecular weight is 452 g/mol. The van der Waals surface area contributed by atoms with Gasteiger partial charge < -0.3 is 16.4 Å². The van der Waals surface area contributed by atoms with E-state index in [1.807, 2.05) is 0 Å². The number of carbonyl (C=O) groups excluding carboxylic acids is 1. The molecule has 0 saturated carbocycles. The number of benzene rings is 1. The number of halogens is 4.